The van der Waals surface area contributed by atoms with Crippen LogP contribution in [0.1, 0.15) is 15.9 Å². The van der Waals surface area contributed by atoms with Crippen molar-refractivity contribution in [2.45, 2.75) is 13.5 Å². The number of esters is 1. The second-order valence-electron chi connectivity index (χ2n) is 4.99. The Morgan fingerprint density at radius 3 is 2.44 bits per heavy atom. The van der Waals surface area contributed by atoms with Crippen LogP contribution in [0.2, 0.25) is 5.02 Å². The third-order valence-corrected chi connectivity index (χ3v) is 3.51. The molecule has 2 aromatic rings. The molecule has 8 heteroatoms. The highest BCUT2D eigenvalue weighted by atomic mass is 35.5. The average molecular weight is 370 g/mol. The summed E-state index contributed by atoms with van der Waals surface area (Å²) in [5.74, 6) is -1.38. The van der Waals surface area contributed by atoms with E-state index in [-0.39, 0.29) is 11.3 Å². The fourth-order valence-electron chi connectivity index (χ4n) is 1.85. The summed E-state index contributed by atoms with van der Waals surface area (Å²) in [6.07, 6.45) is 0. The molecular weight excluding hydrogens is 356 g/mol. The van der Waals surface area contributed by atoms with Crippen LogP contribution < -0.4 is 10.1 Å². The van der Waals surface area contributed by atoms with Gasteiger partial charge in [-0.1, -0.05) is 17.7 Å². The number of ether oxygens (including phenoxy) is 2. The monoisotopic (exact) mass is 369 g/mol. The van der Waals surface area contributed by atoms with Crippen molar-refractivity contribution in [3.8, 4) is 5.75 Å². The molecule has 0 aromatic heterocycles. The first kappa shape index (κ1) is 18.7. The van der Waals surface area contributed by atoms with Gasteiger partial charge in [-0.3, -0.25) is 4.79 Å². The number of hydrogen-bond donors (Lipinski definition) is 1. The summed E-state index contributed by atoms with van der Waals surface area (Å²) in [7, 11) is 0. The Morgan fingerprint density at radius 1 is 1.16 bits per heavy atom. The average Bonchev–Trinajstić information content (AvgIpc) is 2.56. The molecule has 0 saturated carbocycles. The van der Waals surface area contributed by atoms with Gasteiger partial charge < -0.3 is 14.8 Å². The summed E-state index contributed by atoms with van der Waals surface area (Å²) < 4.78 is 33.1. The summed E-state index contributed by atoms with van der Waals surface area (Å²) in [6.45, 7) is -1.62. The van der Waals surface area contributed by atoms with Crippen molar-refractivity contribution in [3.05, 3.63) is 58.6 Å². The highest BCUT2D eigenvalue weighted by Gasteiger charge is 2.12. The van der Waals surface area contributed by atoms with Gasteiger partial charge in [0, 0.05) is 10.7 Å². The van der Waals surface area contributed by atoms with Crippen molar-refractivity contribution < 1.29 is 27.8 Å². The first-order valence-corrected chi connectivity index (χ1v) is 7.51. The number of carbonyl (C=O) groups excluding carboxylic acids is 2. The molecule has 0 atom stereocenters. The zero-order valence-electron chi connectivity index (χ0n) is 13.1. The Kier molecular flexibility index (Phi) is 6.30. The molecule has 132 valence electrons. The second-order valence-corrected chi connectivity index (χ2v) is 5.40. The maximum absolute atomic E-state index is 12.0. The molecule has 2 rings (SSSR count). The number of halogens is 3. The Bertz CT molecular complexity index is 766. The zero-order valence-corrected chi connectivity index (χ0v) is 13.8. The van der Waals surface area contributed by atoms with E-state index in [9.17, 15) is 18.4 Å². The molecule has 0 aliphatic heterocycles. The molecule has 0 aliphatic carbocycles. The standard InChI is InChI=1S/C17H14ClF2NO4/c1-10-2-5-12(8-14(10)18)21-15(22)9-24-16(23)11-3-6-13(7-4-11)25-17(19)20/h2-8,17H,9H2,1H3,(H,21,22). The van der Waals surface area contributed by atoms with Crippen LogP contribution in [0, 0.1) is 6.92 Å². The van der Waals surface area contributed by atoms with Crippen LogP contribution in [0.15, 0.2) is 42.5 Å². The van der Waals surface area contributed by atoms with Gasteiger partial charge in [0.1, 0.15) is 5.75 Å². The maximum atomic E-state index is 12.0. The van der Waals surface area contributed by atoms with Gasteiger partial charge in [0.15, 0.2) is 6.61 Å². The van der Waals surface area contributed by atoms with Crippen LogP contribution in [0.3, 0.4) is 0 Å². The Morgan fingerprint density at radius 2 is 1.84 bits per heavy atom. The summed E-state index contributed by atoms with van der Waals surface area (Å²) in [5.41, 5.74) is 1.45. The fraction of sp³-hybridized carbons (Fsp3) is 0.176. The number of anilines is 1. The minimum Gasteiger partial charge on any atom is -0.452 e. The molecule has 2 aromatic carbocycles. The van der Waals surface area contributed by atoms with Crippen LogP contribution in [0.4, 0.5) is 14.5 Å². The van der Waals surface area contributed by atoms with E-state index in [4.69, 9.17) is 16.3 Å². The highest BCUT2D eigenvalue weighted by Crippen LogP contribution is 2.20. The molecule has 0 unspecified atom stereocenters. The summed E-state index contributed by atoms with van der Waals surface area (Å²) in [5, 5.41) is 3.04. The van der Waals surface area contributed by atoms with Gasteiger partial charge in [-0.2, -0.15) is 8.78 Å². The fourth-order valence-corrected chi connectivity index (χ4v) is 2.04. The minimum absolute atomic E-state index is 0.0828. The van der Waals surface area contributed by atoms with E-state index in [2.05, 4.69) is 10.1 Å². The van der Waals surface area contributed by atoms with Crippen molar-refractivity contribution in [2.75, 3.05) is 11.9 Å². The zero-order chi connectivity index (χ0) is 18.4. The van der Waals surface area contributed by atoms with E-state index in [1.807, 2.05) is 6.92 Å². The predicted octanol–water partition coefficient (Wildman–Crippen LogP) is 4.05. The molecule has 1 amide bonds. The summed E-state index contributed by atoms with van der Waals surface area (Å²) in [6, 6.07) is 9.93. The normalized spacial score (nSPS) is 10.4. The van der Waals surface area contributed by atoms with Crippen molar-refractivity contribution in [3.63, 3.8) is 0 Å². The van der Waals surface area contributed by atoms with Crippen LogP contribution in [0.5, 0.6) is 5.75 Å². The number of benzene rings is 2. The van der Waals surface area contributed by atoms with Gasteiger partial charge in [-0.05, 0) is 48.9 Å². The topological polar surface area (TPSA) is 64.6 Å². The summed E-state index contributed by atoms with van der Waals surface area (Å²) in [4.78, 5) is 23.6. The van der Waals surface area contributed by atoms with Crippen LogP contribution in [-0.4, -0.2) is 25.1 Å². The Hall–Kier alpha value is -2.67. The van der Waals surface area contributed by atoms with Crippen molar-refractivity contribution >= 4 is 29.2 Å². The van der Waals surface area contributed by atoms with E-state index < -0.39 is 25.1 Å². The first-order valence-electron chi connectivity index (χ1n) is 7.13. The van der Waals surface area contributed by atoms with E-state index >= 15 is 0 Å². The third kappa shape index (κ3) is 5.72. The van der Waals surface area contributed by atoms with Gasteiger partial charge >= 0.3 is 12.6 Å². The highest BCUT2D eigenvalue weighted by molar-refractivity contribution is 6.31. The molecule has 0 bridgehead atoms. The number of alkyl halides is 2. The predicted molar refractivity (Wildman–Crippen MR) is 88.2 cm³/mol. The molecule has 5 nitrogen and oxygen atoms in total. The van der Waals surface area contributed by atoms with Gasteiger partial charge in [0.2, 0.25) is 0 Å². The van der Waals surface area contributed by atoms with Crippen LogP contribution in [-0.2, 0) is 9.53 Å². The molecular formula is C17H14ClF2NO4. The van der Waals surface area contributed by atoms with Crippen molar-refractivity contribution in [1.82, 2.24) is 0 Å². The minimum atomic E-state index is -2.95. The molecule has 0 heterocycles. The summed E-state index contributed by atoms with van der Waals surface area (Å²) >= 11 is 5.96. The van der Waals surface area contributed by atoms with E-state index in [0.717, 1.165) is 5.56 Å². The van der Waals surface area contributed by atoms with Gasteiger partial charge in [0.25, 0.3) is 5.91 Å². The number of hydrogen-bond acceptors (Lipinski definition) is 4. The van der Waals surface area contributed by atoms with Gasteiger partial charge in [-0.15, -0.1) is 0 Å². The molecule has 0 aliphatic rings. The number of amides is 1. The first-order chi connectivity index (χ1) is 11.8. The van der Waals surface area contributed by atoms with E-state index in [1.165, 1.54) is 24.3 Å². The van der Waals surface area contributed by atoms with E-state index in [1.54, 1.807) is 18.2 Å². The largest absolute Gasteiger partial charge is 0.452 e. The van der Waals surface area contributed by atoms with Crippen molar-refractivity contribution in [1.29, 1.82) is 0 Å². The molecule has 0 spiro atoms. The quantitative estimate of drug-likeness (QED) is 0.780. The molecule has 1 N–H and O–H groups in total. The van der Waals surface area contributed by atoms with Crippen molar-refractivity contribution in [2.24, 2.45) is 0 Å². The second kappa shape index (κ2) is 8.43. The lowest BCUT2D eigenvalue weighted by Crippen LogP contribution is -2.21. The van der Waals surface area contributed by atoms with Crippen LogP contribution >= 0.6 is 11.6 Å². The smallest absolute Gasteiger partial charge is 0.387 e. The molecule has 0 saturated heterocycles. The van der Waals surface area contributed by atoms with Gasteiger partial charge in [-0.25, -0.2) is 4.79 Å². The maximum Gasteiger partial charge on any atom is 0.387 e. The molecule has 25 heavy (non-hydrogen) atoms. The van der Waals surface area contributed by atoms with E-state index in [0.29, 0.717) is 10.7 Å². The number of nitrogens with one attached hydrogen (secondary N) is 1. The number of rotatable bonds is 6. The third-order valence-electron chi connectivity index (χ3n) is 3.11. The molecule has 0 fully saturated rings. The lowest BCUT2D eigenvalue weighted by molar-refractivity contribution is -0.119. The van der Waals surface area contributed by atoms with Gasteiger partial charge in [0.05, 0.1) is 5.56 Å². The molecule has 0 radical (unpaired) electrons. The lowest BCUT2D eigenvalue weighted by Gasteiger charge is -2.08. The Labute approximate surface area is 147 Å². The van der Waals surface area contributed by atoms with Crippen LogP contribution in [0.25, 0.3) is 0 Å². The number of aryl methyl sites for hydroxylation is 1. The SMILES string of the molecule is Cc1ccc(NC(=O)COC(=O)c2ccc(OC(F)F)cc2)cc1Cl. The number of carbonyl (C=O) groups is 2. The Balaban J connectivity index is 1.86. The lowest BCUT2D eigenvalue weighted by atomic mass is 10.2.